The number of anilines is 1. The third-order valence-corrected chi connectivity index (χ3v) is 5.54. The number of aromatic nitrogens is 2. The Morgan fingerprint density at radius 2 is 2.06 bits per heavy atom. The highest BCUT2D eigenvalue weighted by Crippen LogP contribution is 2.48. The van der Waals surface area contributed by atoms with E-state index in [4.69, 9.17) is 35.6 Å². The average molecular weight is 486 g/mol. The second-order valence-corrected chi connectivity index (χ2v) is 7.89. The minimum absolute atomic E-state index is 0.121. The molecule has 1 fully saturated rings. The van der Waals surface area contributed by atoms with Crippen molar-refractivity contribution in [2.75, 3.05) is 19.3 Å². The van der Waals surface area contributed by atoms with Gasteiger partial charge in [-0.1, -0.05) is 29.8 Å². The van der Waals surface area contributed by atoms with E-state index in [0.29, 0.717) is 16.9 Å². The highest BCUT2D eigenvalue weighted by molar-refractivity contribution is 7.42. The molecular formula is C17H17ClF4N3O5P. The van der Waals surface area contributed by atoms with Gasteiger partial charge in [-0.05, 0) is 6.07 Å². The van der Waals surface area contributed by atoms with E-state index in [1.807, 2.05) is 18.2 Å². The molecule has 0 spiro atoms. The molecule has 1 aromatic carbocycles. The molecule has 2 aliphatic rings. The van der Waals surface area contributed by atoms with E-state index in [0.717, 1.165) is 11.8 Å². The van der Waals surface area contributed by atoms with Crippen molar-refractivity contribution in [2.45, 2.75) is 31.3 Å². The molecule has 0 bridgehead atoms. The summed E-state index contributed by atoms with van der Waals surface area (Å²) in [5, 5.41) is -0.121. The monoisotopic (exact) mass is 485 g/mol. The third-order valence-electron chi connectivity index (χ3n) is 4.21. The normalized spacial score (nSPS) is 24.0. The van der Waals surface area contributed by atoms with Gasteiger partial charge < -0.3 is 15.0 Å². The molecule has 14 heteroatoms. The van der Waals surface area contributed by atoms with Gasteiger partial charge in [0, 0.05) is 18.2 Å². The second-order valence-electron chi connectivity index (χ2n) is 6.33. The van der Waals surface area contributed by atoms with E-state index in [1.165, 1.54) is 0 Å². The Morgan fingerprint density at radius 1 is 1.35 bits per heavy atom. The lowest BCUT2D eigenvalue weighted by atomic mass is 10.2. The van der Waals surface area contributed by atoms with E-state index >= 15 is 0 Å². The minimum Gasteiger partial charge on any atom is -0.426 e. The highest BCUT2D eigenvalue weighted by Gasteiger charge is 2.52. The molecule has 3 unspecified atom stereocenters. The third kappa shape index (κ3) is 5.64. The van der Waals surface area contributed by atoms with Crippen molar-refractivity contribution in [3.63, 3.8) is 0 Å². The van der Waals surface area contributed by atoms with E-state index in [1.54, 1.807) is 6.07 Å². The van der Waals surface area contributed by atoms with Crippen LogP contribution in [0.4, 0.5) is 23.4 Å². The first kappa shape index (κ1) is 23.7. The highest BCUT2D eigenvalue weighted by atomic mass is 35.5. The largest absolute Gasteiger partial charge is 0.426 e. The number of rotatable bonds is 4. The Bertz CT molecular complexity index is 970. The minimum atomic E-state index is -3.33. The Kier molecular flexibility index (Phi) is 7.71. The van der Waals surface area contributed by atoms with Crippen LogP contribution in [0, 0.1) is 0 Å². The maximum absolute atomic E-state index is 14.4. The predicted molar refractivity (Wildman–Crippen MR) is 103 cm³/mol. The molecule has 0 aliphatic carbocycles. The number of benzene rings is 1. The summed E-state index contributed by atoms with van der Waals surface area (Å²) in [4.78, 5) is 15.3. The van der Waals surface area contributed by atoms with E-state index in [2.05, 4.69) is 4.98 Å². The molecule has 3 heterocycles. The number of nitrogens with zero attached hydrogens (tertiary/aromatic N) is 2. The van der Waals surface area contributed by atoms with Crippen LogP contribution in [0.25, 0.3) is 0 Å². The molecule has 2 aliphatic heterocycles. The van der Waals surface area contributed by atoms with Crippen LogP contribution in [0.3, 0.4) is 0 Å². The van der Waals surface area contributed by atoms with Gasteiger partial charge in [-0.15, -0.1) is 0 Å². The van der Waals surface area contributed by atoms with Crippen LogP contribution in [-0.4, -0.2) is 35.1 Å². The molecule has 3 atom stereocenters. The number of alkyl halides is 4. The lowest BCUT2D eigenvalue weighted by molar-refractivity contribution is -0.119. The zero-order chi connectivity index (χ0) is 22.6. The molecule has 0 amide bonds. The second kappa shape index (κ2) is 10.1. The topological polar surface area (TPSA) is 97.8 Å². The van der Waals surface area contributed by atoms with Crippen molar-refractivity contribution >= 4 is 26.0 Å². The van der Waals surface area contributed by atoms with Crippen LogP contribution >= 0.6 is 20.2 Å². The van der Waals surface area contributed by atoms with Gasteiger partial charge in [0.25, 0.3) is 5.92 Å². The SMILES string of the molecule is FCF.Nc1nc(=O)n(C2OC(COP3OCc4ccccc4O3)CC2(F)F)cc1Cl. The number of ether oxygens (including phenoxy) is 1. The number of para-hydroxylation sites is 1. The predicted octanol–water partition coefficient (Wildman–Crippen LogP) is 4.14. The first-order valence-corrected chi connectivity index (χ1v) is 10.2. The quantitative estimate of drug-likeness (QED) is 0.513. The van der Waals surface area contributed by atoms with Crippen molar-refractivity contribution in [2.24, 2.45) is 0 Å². The van der Waals surface area contributed by atoms with Gasteiger partial charge in [0.2, 0.25) is 13.2 Å². The lowest BCUT2D eigenvalue weighted by Gasteiger charge is -2.24. The van der Waals surface area contributed by atoms with Crippen molar-refractivity contribution in [1.82, 2.24) is 9.55 Å². The maximum Gasteiger partial charge on any atom is 0.397 e. The lowest BCUT2D eigenvalue weighted by Crippen LogP contribution is -2.35. The molecule has 8 nitrogen and oxygen atoms in total. The number of hydrogen-bond acceptors (Lipinski definition) is 7. The molecule has 1 saturated heterocycles. The van der Waals surface area contributed by atoms with Crippen LogP contribution in [0.2, 0.25) is 5.02 Å². The number of fused-ring (bicyclic) bond motifs is 1. The van der Waals surface area contributed by atoms with Gasteiger partial charge >= 0.3 is 14.3 Å². The van der Waals surface area contributed by atoms with Crippen molar-refractivity contribution in [3.8, 4) is 5.75 Å². The summed E-state index contributed by atoms with van der Waals surface area (Å²) in [6.07, 6.45) is -2.50. The number of halogens is 5. The van der Waals surface area contributed by atoms with Gasteiger partial charge in [0.1, 0.15) is 11.6 Å². The number of nitrogens with two attached hydrogens (primary N) is 1. The molecule has 4 rings (SSSR count). The van der Waals surface area contributed by atoms with E-state index in [9.17, 15) is 22.4 Å². The summed E-state index contributed by atoms with van der Waals surface area (Å²) in [5.74, 6) is -2.93. The maximum atomic E-state index is 14.4. The van der Waals surface area contributed by atoms with Gasteiger partial charge in [-0.2, -0.15) is 4.98 Å². The summed E-state index contributed by atoms with van der Waals surface area (Å²) in [5.41, 5.74) is 5.31. The standard InChI is InChI=1S/C16H15ClF2N3O5P.CH2F2/c17-11-6-22(15(23)21-13(11)20)14-16(18,19)5-10(26-14)8-25-28-24-7-9-3-1-2-4-12(9)27-28;2-1-3/h1-4,6,10,14H,5,7-8H2,(H2,20,21,23);1H2. The Labute approximate surface area is 179 Å². The number of hydrogen-bond donors (Lipinski definition) is 1. The van der Waals surface area contributed by atoms with Gasteiger partial charge in [0.05, 0.1) is 24.3 Å². The smallest absolute Gasteiger partial charge is 0.397 e. The Balaban J connectivity index is 0.000000858. The number of nitrogen functional groups attached to an aromatic ring is 1. The van der Waals surface area contributed by atoms with E-state index in [-0.39, 0.29) is 17.4 Å². The Hall–Kier alpha value is -1.98. The summed E-state index contributed by atoms with van der Waals surface area (Å²) >= 11 is 5.79. The van der Waals surface area contributed by atoms with Crippen molar-refractivity contribution in [1.29, 1.82) is 0 Å². The van der Waals surface area contributed by atoms with Gasteiger partial charge in [0.15, 0.2) is 0 Å². The molecule has 170 valence electrons. The first-order valence-electron chi connectivity index (χ1n) is 8.76. The fraction of sp³-hybridized carbons (Fsp3) is 0.412. The van der Waals surface area contributed by atoms with Crippen LogP contribution in [0.15, 0.2) is 35.3 Å². The van der Waals surface area contributed by atoms with Crippen LogP contribution < -0.4 is 15.9 Å². The zero-order valence-corrected chi connectivity index (χ0v) is 17.4. The Morgan fingerprint density at radius 3 is 2.81 bits per heavy atom. The van der Waals surface area contributed by atoms with E-state index < -0.39 is 45.9 Å². The van der Waals surface area contributed by atoms with Crippen LogP contribution in [0.1, 0.15) is 18.2 Å². The summed E-state index contributed by atoms with van der Waals surface area (Å²) in [6.45, 7) is -1.64. The molecule has 2 aromatic rings. The molecule has 1 aromatic heterocycles. The van der Waals surface area contributed by atoms with Gasteiger partial charge in [-0.3, -0.25) is 13.6 Å². The van der Waals surface area contributed by atoms with Crippen LogP contribution in [0.5, 0.6) is 5.75 Å². The van der Waals surface area contributed by atoms with Crippen molar-refractivity contribution < 1.29 is 35.9 Å². The van der Waals surface area contributed by atoms with Crippen molar-refractivity contribution in [3.05, 3.63) is 51.5 Å². The average Bonchev–Trinajstić information content (AvgIpc) is 3.03. The summed E-state index contributed by atoms with van der Waals surface area (Å²) in [7, 11) is -1.73. The molecule has 2 N–H and O–H groups in total. The fourth-order valence-electron chi connectivity index (χ4n) is 2.88. The molecular weight excluding hydrogens is 469 g/mol. The zero-order valence-electron chi connectivity index (χ0n) is 15.7. The summed E-state index contributed by atoms with van der Waals surface area (Å²) < 4.78 is 70.6. The fourth-order valence-corrected chi connectivity index (χ4v) is 4.07. The molecule has 0 saturated carbocycles. The van der Waals surface area contributed by atoms with Crippen LogP contribution in [-0.2, 0) is 20.4 Å². The molecule has 31 heavy (non-hydrogen) atoms. The summed E-state index contributed by atoms with van der Waals surface area (Å²) in [6, 6.07) is 7.30. The van der Waals surface area contributed by atoms with Gasteiger partial charge in [-0.25, -0.2) is 22.4 Å². The molecule has 0 radical (unpaired) electrons. The first-order chi connectivity index (χ1) is 14.7.